The molecule has 2 rings (SSSR count). The number of hydrogen-bond donors (Lipinski definition) is 2. The van der Waals surface area contributed by atoms with Gasteiger partial charge < -0.3 is 10.4 Å². The van der Waals surface area contributed by atoms with Crippen LogP contribution < -0.4 is 5.32 Å². The molecule has 5 heteroatoms. The highest BCUT2D eigenvalue weighted by Gasteiger charge is 2.30. The van der Waals surface area contributed by atoms with E-state index in [9.17, 15) is 9.90 Å². The number of carboxylic acid groups (broad SMARTS) is 1. The summed E-state index contributed by atoms with van der Waals surface area (Å²) in [7, 11) is 0. The van der Waals surface area contributed by atoms with Gasteiger partial charge in [0.05, 0.1) is 16.6 Å². The second-order valence-electron chi connectivity index (χ2n) is 5.60. The Morgan fingerprint density at radius 3 is 3.05 bits per heavy atom. The van der Waals surface area contributed by atoms with Crippen molar-refractivity contribution in [2.75, 3.05) is 6.54 Å². The van der Waals surface area contributed by atoms with Gasteiger partial charge in [-0.25, -0.2) is 4.98 Å². The Hall–Kier alpha value is -0.940. The molecule has 1 saturated carbocycles. The van der Waals surface area contributed by atoms with Gasteiger partial charge in [-0.05, 0) is 38.1 Å². The lowest BCUT2D eigenvalue weighted by Gasteiger charge is -2.28. The molecule has 0 aliphatic heterocycles. The van der Waals surface area contributed by atoms with Crippen molar-refractivity contribution in [3.05, 3.63) is 16.1 Å². The fourth-order valence-electron chi connectivity index (χ4n) is 2.92. The Bertz CT molecular complexity index is 433. The van der Waals surface area contributed by atoms with Crippen LogP contribution in [0, 0.1) is 11.8 Å². The van der Waals surface area contributed by atoms with Gasteiger partial charge in [-0.2, -0.15) is 0 Å². The predicted molar refractivity (Wildman–Crippen MR) is 80.9 cm³/mol. The Balaban J connectivity index is 1.77. The number of aromatic nitrogens is 1. The molecule has 112 valence electrons. The van der Waals surface area contributed by atoms with Crippen molar-refractivity contribution < 1.29 is 9.90 Å². The highest BCUT2D eigenvalue weighted by molar-refractivity contribution is 7.09. The number of nitrogens with one attached hydrogen (secondary N) is 1. The highest BCUT2D eigenvalue weighted by atomic mass is 32.1. The largest absolute Gasteiger partial charge is 0.481 e. The van der Waals surface area contributed by atoms with Gasteiger partial charge in [-0.15, -0.1) is 11.3 Å². The zero-order chi connectivity index (χ0) is 14.4. The average Bonchev–Trinajstić information content (AvgIpc) is 2.87. The average molecular weight is 296 g/mol. The van der Waals surface area contributed by atoms with E-state index in [1.54, 1.807) is 11.3 Å². The molecule has 0 bridgehead atoms. The maximum Gasteiger partial charge on any atom is 0.306 e. The molecule has 0 aromatic carbocycles. The van der Waals surface area contributed by atoms with Gasteiger partial charge in [0.2, 0.25) is 0 Å². The molecule has 4 nitrogen and oxygen atoms in total. The lowest BCUT2D eigenvalue weighted by Crippen LogP contribution is -2.34. The van der Waals surface area contributed by atoms with Crippen LogP contribution in [0.3, 0.4) is 0 Å². The molecule has 1 aromatic heterocycles. The molecule has 1 fully saturated rings. The summed E-state index contributed by atoms with van der Waals surface area (Å²) >= 11 is 1.72. The molecule has 1 aliphatic carbocycles. The number of rotatable bonds is 7. The van der Waals surface area contributed by atoms with E-state index in [-0.39, 0.29) is 11.8 Å². The van der Waals surface area contributed by atoms with Crippen LogP contribution in [0.4, 0.5) is 0 Å². The minimum Gasteiger partial charge on any atom is -0.481 e. The fourth-order valence-corrected chi connectivity index (χ4v) is 3.82. The van der Waals surface area contributed by atoms with Crippen LogP contribution in [0.5, 0.6) is 0 Å². The SMILES string of the molecule is CCCc1nc(CNCC2CCCCC2C(=O)O)cs1. The third kappa shape index (κ3) is 4.28. The van der Waals surface area contributed by atoms with Gasteiger partial charge in [0.1, 0.15) is 0 Å². The van der Waals surface area contributed by atoms with E-state index in [4.69, 9.17) is 0 Å². The van der Waals surface area contributed by atoms with Crippen LogP contribution >= 0.6 is 11.3 Å². The number of carboxylic acids is 1. The van der Waals surface area contributed by atoms with E-state index in [2.05, 4.69) is 22.6 Å². The highest BCUT2D eigenvalue weighted by Crippen LogP contribution is 2.29. The number of hydrogen-bond acceptors (Lipinski definition) is 4. The lowest BCUT2D eigenvalue weighted by molar-refractivity contribution is -0.144. The standard InChI is InChI=1S/C15H24N2O2S/c1-2-5-14-17-12(10-20-14)9-16-8-11-6-3-4-7-13(11)15(18)19/h10-11,13,16H,2-9H2,1H3,(H,18,19). The number of aryl methyl sites for hydroxylation is 1. The van der Waals surface area contributed by atoms with Crippen LogP contribution in [0.1, 0.15) is 49.7 Å². The molecule has 1 heterocycles. The van der Waals surface area contributed by atoms with Crippen molar-refractivity contribution in [3.8, 4) is 0 Å². The minimum atomic E-state index is -0.629. The quantitative estimate of drug-likeness (QED) is 0.811. The van der Waals surface area contributed by atoms with E-state index >= 15 is 0 Å². The van der Waals surface area contributed by atoms with E-state index < -0.39 is 5.97 Å². The van der Waals surface area contributed by atoms with Crippen LogP contribution in [-0.2, 0) is 17.8 Å². The second-order valence-corrected chi connectivity index (χ2v) is 6.55. The molecule has 2 unspecified atom stereocenters. The van der Waals surface area contributed by atoms with Crippen molar-refractivity contribution in [2.45, 2.75) is 52.0 Å². The summed E-state index contributed by atoms with van der Waals surface area (Å²) < 4.78 is 0. The summed E-state index contributed by atoms with van der Waals surface area (Å²) in [4.78, 5) is 15.8. The predicted octanol–water partition coefficient (Wildman–Crippen LogP) is 3.08. The summed E-state index contributed by atoms with van der Waals surface area (Å²) in [5, 5.41) is 15.9. The van der Waals surface area contributed by atoms with Crippen LogP contribution in [-0.4, -0.2) is 22.6 Å². The van der Waals surface area contributed by atoms with E-state index in [0.29, 0.717) is 0 Å². The normalized spacial score (nSPS) is 22.9. The zero-order valence-corrected chi connectivity index (χ0v) is 12.9. The van der Waals surface area contributed by atoms with Gasteiger partial charge in [-0.3, -0.25) is 4.79 Å². The Labute approximate surface area is 124 Å². The molecule has 0 radical (unpaired) electrons. The molecule has 0 spiro atoms. The van der Waals surface area contributed by atoms with Crippen molar-refractivity contribution in [1.82, 2.24) is 10.3 Å². The van der Waals surface area contributed by atoms with E-state index in [1.165, 1.54) is 5.01 Å². The maximum atomic E-state index is 11.2. The summed E-state index contributed by atoms with van der Waals surface area (Å²) in [6, 6.07) is 0. The summed E-state index contributed by atoms with van der Waals surface area (Å²) in [5.41, 5.74) is 1.08. The molecule has 2 N–H and O–H groups in total. The van der Waals surface area contributed by atoms with Gasteiger partial charge >= 0.3 is 5.97 Å². The molecule has 1 aliphatic rings. The third-order valence-electron chi connectivity index (χ3n) is 4.00. The number of nitrogens with zero attached hydrogens (tertiary/aromatic N) is 1. The molecule has 2 atom stereocenters. The van der Waals surface area contributed by atoms with Gasteiger partial charge in [0, 0.05) is 11.9 Å². The van der Waals surface area contributed by atoms with Crippen molar-refractivity contribution >= 4 is 17.3 Å². The van der Waals surface area contributed by atoms with Crippen molar-refractivity contribution in [3.63, 3.8) is 0 Å². The minimum absolute atomic E-state index is 0.165. The zero-order valence-electron chi connectivity index (χ0n) is 12.1. The van der Waals surface area contributed by atoms with E-state index in [1.807, 2.05) is 0 Å². The third-order valence-corrected chi connectivity index (χ3v) is 4.96. The number of thiazole rings is 1. The molecule has 1 aromatic rings. The molecule has 0 saturated heterocycles. The first kappa shape index (κ1) is 15.4. The van der Waals surface area contributed by atoms with Crippen LogP contribution in [0.2, 0.25) is 0 Å². The van der Waals surface area contributed by atoms with Crippen LogP contribution in [0.25, 0.3) is 0 Å². The first-order valence-electron chi connectivity index (χ1n) is 7.57. The number of carbonyl (C=O) groups is 1. The second kappa shape index (κ2) is 7.74. The maximum absolute atomic E-state index is 11.2. The first-order valence-corrected chi connectivity index (χ1v) is 8.45. The Morgan fingerprint density at radius 2 is 2.30 bits per heavy atom. The van der Waals surface area contributed by atoms with Gasteiger partial charge in [0.25, 0.3) is 0 Å². The fraction of sp³-hybridized carbons (Fsp3) is 0.733. The first-order chi connectivity index (χ1) is 9.70. The van der Waals surface area contributed by atoms with Crippen molar-refractivity contribution in [1.29, 1.82) is 0 Å². The summed E-state index contributed by atoms with van der Waals surface area (Å²) in [5.74, 6) is -0.521. The smallest absolute Gasteiger partial charge is 0.306 e. The molecular formula is C15H24N2O2S. The lowest BCUT2D eigenvalue weighted by atomic mass is 9.79. The van der Waals surface area contributed by atoms with Crippen molar-refractivity contribution in [2.24, 2.45) is 11.8 Å². The molecule has 0 amide bonds. The topological polar surface area (TPSA) is 62.2 Å². The Morgan fingerprint density at radius 1 is 1.50 bits per heavy atom. The van der Waals surface area contributed by atoms with Crippen LogP contribution in [0.15, 0.2) is 5.38 Å². The number of aliphatic carboxylic acids is 1. The van der Waals surface area contributed by atoms with Gasteiger partial charge in [-0.1, -0.05) is 19.8 Å². The van der Waals surface area contributed by atoms with Gasteiger partial charge in [0.15, 0.2) is 0 Å². The molecular weight excluding hydrogens is 272 g/mol. The monoisotopic (exact) mass is 296 g/mol. The summed E-state index contributed by atoms with van der Waals surface area (Å²) in [6.07, 6.45) is 6.26. The Kier molecular flexibility index (Phi) is 5.98. The summed E-state index contributed by atoms with van der Waals surface area (Å²) in [6.45, 7) is 3.70. The van der Waals surface area contributed by atoms with E-state index in [0.717, 1.165) is 57.3 Å². The molecule has 20 heavy (non-hydrogen) atoms.